The second-order valence-electron chi connectivity index (χ2n) is 4.20. The van der Waals surface area contributed by atoms with E-state index in [0.717, 1.165) is 23.4 Å². The van der Waals surface area contributed by atoms with Crippen molar-refractivity contribution in [3.05, 3.63) is 54.0 Å². The second-order valence-corrected chi connectivity index (χ2v) is 4.20. The molecule has 1 atom stereocenters. The fourth-order valence-electron chi connectivity index (χ4n) is 1.70. The first-order chi connectivity index (χ1) is 8.15. The minimum atomic E-state index is -0.236. The number of benzene rings is 1. The lowest BCUT2D eigenvalue weighted by molar-refractivity contribution is 0.628. The second kappa shape index (κ2) is 5.06. The third kappa shape index (κ3) is 3.11. The molecule has 88 valence electrons. The maximum atomic E-state index is 12.8. The normalized spacial score (nSPS) is 12.4. The van der Waals surface area contributed by atoms with Gasteiger partial charge in [0.15, 0.2) is 0 Å². The highest BCUT2D eigenvalue weighted by Gasteiger charge is 2.03. The number of nitrogens with two attached hydrogens (primary N) is 1. The highest BCUT2D eigenvalue weighted by atomic mass is 19.1. The van der Waals surface area contributed by atoms with E-state index in [1.807, 2.05) is 25.1 Å². The van der Waals surface area contributed by atoms with Gasteiger partial charge in [0, 0.05) is 23.7 Å². The predicted octanol–water partition coefficient (Wildman–Crippen LogP) is 2.78. The van der Waals surface area contributed by atoms with E-state index < -0.39 is 0 Å². The van der Waals surface area contributed by atoms with Gasteiger partial charge in [-0.05, 0) is 43.3 Å². The molecule has 0 aliphatic heterocycles. The smallest absolute Gasteiger partial charge is 0.123 e. The third-order valence-corrected chi connectivity index (χ3v) is 2.48. The summed E-state index contributed by atoms with van der Waals surface area (Å²) in [7, 11) is 0. The van der Waals surface area contributed by atoms with Crippen molar-refractivity contribution >= 4 is 0 Å². The fourth-order valence-corrected chi connectivity index (χ4v) is 1.70. The van der Waals surface area contributed by atoms with Crippen LogP contribution in [0.1, 0.15) is 12.6 Å². The quantitative estimate of drug-likeness (QED) is 0.880. The Labute approximate surface area is 100 Å². The molecule has 0 amide bonds. The average molecular weight is 230 g/mol. The fraction of sp³-hybridized carbons (Fsp3) is 0.214. The van der Waals surface area contributed by atoms with Gasteiger partial charge in [-0.3, -0.25) is 4.98 Å². The molecule has 1 unspecified atom stereocenters. The summed E-state index contributed by atoms with van der Waals surface area (Å²) in [6, 6.07) is 12.2. The maximum Gasteiger partial charge on any atom is 0.123 e. The zero-order valence-electron chi connectivity index (χ0n) is 9.73. The molecule has 2 aromatic rings. The number of nitrogens with zero attached hydrogens (tertiary/aromatic N) is 1. The van der Waals surface area contributed by atoms with Crippen molar-refractivity contribution in [1.82, 2.24) is 4.98 Å². The van der Waals surface area contributed by atoms with Gasteiger partial charge in [0.1, 0.15) is 5.82 Å². The van der Waals surface area contributed by atoms with Gasteiger partial charge in [-0.15, -0.1) is 0 Å². The summed E-state index contributed by atoms with van der Waals surface area (Å²) < 4.78 is 12.8. The Morgan fingerprint density at radius 3 is 2.53 bits per heavy atom. The summed E-state index contributed by atoms with van der Waals surface area (Å²) in [5, 5.41) is 0. The molecule has 1 aromatic heterocycles. The van der Waals surface area contributed by atoms with Crippen LogP contribution in [0.25, 0.3) is 11.3 Å². The molecule has 0 aliphatic carbocycles. The lowest BCUT2D eigenvalue weighted by Gasteiger charge is -2.06. The molecule has 0 spiro atoms. The Morgan fingerprint density at radius 1 is 1.18 bits per heavy atom. The molecule has 1 heterocycles. The van der Waals surface area contributed by atoms with Crippen molar-refractivity contribution in [2.45, 2.75) is 19.4 Å². The van der Waals surface area contributed by atoms with Crippen LogP contribution in [0.4, 0.5) is 4.39 Å². The molecular weight excluding hydrogens is 215 g/mol. The average Bonchev–Trinajstić information content (AvgIpc) is 2.29. The molecule has 0 fully saturated rings. The van der Waals surface area contributed by atoms with Crippen LogP contribution in [0.2, 0.25) is 0 Å². The largest absolute Gasteiger partial charge is 0.328 e. The van der Waals surface area contributed by atoms with Crippen molar-refractivity contribution < 1.29 is 4.39 Å². The van der Waals surface area contributed by atoms with Gasteiger partial charge in [0.2, 0.25) is 0 Å². The summed E-state index contributed by atoms with van der Waals surface area (Å²) in [5.41, 5.74) is 8.47. The standard InChI is InChI=1S/C14H15FN2/c1-10(16)9-13-3-2-4-14(17-13)11-5-7-12(15)8-6-11/h2-8,10H,9,16H2,1H3. The first-order valence-corrected chi connectivity index (χ1v) is 5.62. The number of rotatable bonds is 3. The summed E-state index contributed by atoms with van der Waals surface area (Å²) in [4.78, 5) is 4.51. The Hall–Kier alpha value is -1.74. The predicted molar refractivity (Wildman–Crippen MR) is 67.0 cm³/mol. The van der Waals surface area contributed by atoms with Crippen LogP contribution in [0.5, 0.6) is 0 Å². The van der Waals surface area contributed by atoms with Crippen LogP contribution in [0.3, 0.4) is 0 Å². The van der Waals surface area contributed by atoms with Crippen LogP contribution in [0, 0.1) is 5.82 Å². The number of hydrogen-bond acceptors (Lipinski definition) is 2. The van der Waals surface area contributed by atoms with Crippen LogP contribution >= 0.6 is 0 Å². The molecule has 0 bridgehead atoms. The molecular formula is C14H15FN2. The highest BCUT2D eigenvalue weighted by Crippen LogP contribution is 2.17. The Balaban J connectivity index is 2.29. The van der Waals surface area contributed by atoms with Gasteiger partial charge in [-0.25, -0.2) is 4.39 Å². The Bertz CT molecular complexity index is 492. The zero-order valence-corrected chi connectivity index (χ0v) is 9.73. The third-order valence-electron chi connectivity index (χ3n) is 2.48. The first-order valence-electron chi connectivity index (χ1n) is 5.62. The molecule has 0 saturated carbocycles. The molecule has 1 aromatic carbocycles. The number of hydrogen-bond donors (Lipinski definition) is 1. The SMILES string of the molecule is CC(N)Cc1cccc(-c2ccc(F)cc2)n1. The molecule has 17 heavy (non-hydrogen) atoms. The Kier molecular flexibility index (Phi) is 3.49. The van der Waals surface area contributed by atoms with Crippen molar-refractivity contribution in [2.75, 3.05) is 0 Å². The van der Waals surface area contributed by atoms with Crippen molar-refractivity contribution in [3.8, 4) is 11.3 Å². The summed E-state index contributed by atoms with van der Waals surface area (Å²) >= 11 is 0. The lowest BCUT2D eigenvalue weighted by Crippen LogP contribution is -2.18. The molecule has 0 saturated heterocycles. The molecule has 0 aliphatic rings. The van der Waals surface area contributed by atoms with Crippen LogP contribution in [-0.2, 0) is 6.42 Å². The Morgan fingerprint density at radius 2 is 1.88 bits per heavy atom. The van der Waals surface area contributed by atoms with E-state index in [2.05, 4.69) is 4.98 Å². The number of aromatic nitrogens is 1. The van der Waals surface area contributed by atoms with E-state index >= 15 is 0 Å². The van der Waals surface area contributed by atoms with E-state index in [9.17, 15) is 4.39 Å². The number of halogens is 1. The topological polar surface area (TPSA) is 38.9 Å². The monoisotopic (exact) mass is 230 g/mol. The van der Waals surface area contributed by atoms with Gasteiger partial charge in [0.25, 0.3) is 0 Å². The summed E-state index contributed by atoms with van der Waals surface area (Å²) in [6.07, 6.45) is 0.745. The van der Waals surface area contributed by atoms with Crippen LogP contribution in [-0.4, -0.2) is 11.0 Å². The lowest BCUT2D eigenvalue weighted by atomic mass is 10.1. The molecule has 3 heteroatoms. The van der Waals surface area contributed by atoms with Gasteiger partial charge < -0.3 is 5.73 Å². The summed E-state index contributed by atoms with van der Waals surface area (Å²) in [6.45, 7) is 1.95. The van der Waals surface area contributed by atoms with E-state index in [4.69, 9.17) is 5.73 Å². The minimum absolute atomic E-state index is 0.0889. The maximum absolute atomic E-state index is 12.8. The highest BCUT2D eigenvalue weighted by molar-refractivity contribution is 5.58. The molecule has 2 rings (SSSR count). The van der Waals surface area contributed by atoms with Crippen molar-refractivity contribution in [3.63, 3.8) is 0 Å². The van der Waals surface area contributed by atoms with Crippen molar-refractivity contribution in [1.29, 1.82) is 0 Å². The van der Waals surface area contributed by atoms with E-state index in [-0.39, 0.29) is 11.9 Å². The van der Waals surface area contributed by atoms with E-state index in [1.165, 1.54) is 12.1 Å². The molecule has 0 radical (unpaired) electrons. The zero-order chi connectivity index (χ0) is 12.3. The first kappa shape index (κ1) is 11.7. The van der Waals surface area contributed by atoms with Gasteiger partial charge in [0.05, 0.1) is 5.69 Å². The molecule has 2 N–H and O–H groups in total. The molecule has 2 nitrogen and oxygen atoms in total. The van der Waals surface area contributed by atoms with E-state index in [1.54, 1.807) is 12.1 Å². The van der Waals surface area contributed by atoms with Crippen LogP contribution in [0.15, 0.2) is 42.5 Å². The van der Waals surface area contributed by atoms with Gasteiger partial charge in [-0.2, -0.15) is 0 Å². The summed E-state index contributed by atoms with van der Waals surface area (Å²) in [5.74, 6) is -0.236. The van der Waals surface area contributed by atoms with Crippen molar-refractivity contribution in [2.24, 2.45) is 5.73 Å². The number of pyridine rings is 1. The van der Waals surface area contributed by atoms with Gasteiger partial charge in [-0.1, -0.05) is 6.07 Å². The van der Waals surface area contributed by atoms with Gasteiger partial charge >= 0.3 is 0 Å². The van der Waals surface area contributed by atoms with E-state index in [0.29, 0.717) is 0 Å². The van der Waals surface area contributed by atoms with Crippen LogP contribution < -0.4 is 5.73 Å². The minimum Gasteiger partial charge on any atom is -0.328 e.